The monoisotopic (exact) mass is 313 g/mol. The minimum atomic E-state index is -0.276. The van der Waals surface area contributed by atoms with E-state index in [0.29, 0.717) is 25.6 Å². The molecule has 2 amide bonds. The van der Waals surface area contributed by atoms with Crippen molar-refractivity contribution in [1.29, 1.82) is 0 Å². The molecule has 0 radical (unpaired) electrons. The fourth-order valence-corrected chi connectivity index (χ4v) is 3.74. The molecule has 2 fully saturated rings. The summed E-state index contributed by atoms with van der Waals surface area (Å²) in [5, 5.41) is 5.84. The Morgan fingerprint density at radius 1 is 1.43 bits per heavy atom. The van der Waals surface area contributed by atoms with Gasteiger partial charge in [-0.15, -0.1) is 0 Å². The van der Waals surface area contributed by atoms with Gasteiger partial charge in [0.1, 0.15) is 0 Å². The zero-order valence-electron chi connectivity index (χ0n) is 12.9. The van der Waals surface area contributed by atoms with E-state index in [1.54, 1.807) is 11.8 Å². The van der Waals surface area contributed by atoms with E-state index >= 15 is 0 Å². The van der Waals surface area contributed by atoms with Crippen molar-refractivity contribution in [3.05, 3.63) is 0 Å². The third-order valence-corrected chi connectivity index (χ3v) is 5.09. The van der Waals surface area contributed by atoms with Crippen LogP contribution in [0.1, 0.15) is 38.5 Å². The molecule has 0 aromatic rings. The van der Waals surface area contributed by atoms with Crippen LogP contribution in [0.25, 0.3) is 0 Å². The van der Waals surface area contributed by atoms with E-state index in [-0.39, 0.29) is 17.9 Å². The second-order valence-corrected chi connectivity index (χ2v) is 6.87. The number of piperazine rings is 1. The highest BCUT2D eigenvalue weighted by Gasteiger charge is 2.36. The molecular formula is C15H27N3O2S. The van der Waals surface area contributed by atoms with Crippen molar-refractivity contribution in [3.63, 3.8) is 0 Å². The Balaban J connectivity index is 1.84. The summed E-state index contributed by atoms with van der Waals surface area (Å²) in [5.41, 5.74) is 0. The maximum Gasteiger partial charge on any atom is 0.237 e. The number of carbonyl (C=O) groups is 2. The smallest absolute Gasteiger partial charge is 0.237 e. The minimum Gasteiger partial charge on any atom is -0.356 e. The molecule has 120 valence electrons. The lowest BCUT2D eigenvalue weighted by molar-refractivity contribution is -0.135. The van der Waals surface area contributed by atoms with Gasteiger partial charge >= 0.3 is 0 Å². The molecule has 0 aromatic carbocycles. The van der Waals surface area contributed by atoms with Crippen LogP contribution in [0.3, 0.4) is 0 Å². The van der Waals surface area contributed by atoms with Crippen molar-refractivity contribution in [2.24, 2.45) is 0 Å². The number of nitrogens with zero attached hydrogens (tertiary/aromatic N) is 1. The van der Waals surface area contributed by atoms with Crippen molar-refractivity contribution < 1.29 is 9.59 Å². The zero-order chi connectivity index (χ0) is 15.1. The lowest BCUT2D eigenvalue weighted by Crippen LogP contribution is -2.59. The van der Waals surface area contributed by atoms with Gasteiger partial charge in [0.2, 0.25) is 11.8 Å². The predicted octanol–water partition coefficient (Wildman–Crippen LogP) is 0.989. The Morgan fingerprint density at radius 2 is 2.19 bits per heavy atom. The number of rotatable bonds is 7. The van der Waals surface area contributed by atoms with E-state index in [1.807, 2.05) is 0 Å². The minimum absolute atomic E-state index is 0.00106. The summed E-state index contributed by atoms with van der Waals surface area (Å²) in [5.74, 6) is 1.08. The standard InChI is InChI=1S/C15H27N3O2S/c1-21-10-4-7-16-14(19)11-13-15(20)17-8-9-18(13)12-5-2-3-6-12/h12-13H,2-11H2,1H3,(H,16,19)(H,17,20). The van der Waals surface area contributed by atoms with Crippen molar-refractivity contribution in [2.45, 2.75) is 50.6 Å². The van der Waals surface area contributed by atoms with Crippen molar-refractivity contribution in [2.75, 3.05) is 31.6 Å². The average molecular weight is 313 g/mol. The highest BCUT2D eigenvalue weighted by molar-refractivity contribution is 7.98. The summed E-state index contributed by atoms with van der Waals surface area (Å²) in [7, 11) is 0. The summed E-state index contributed by atoms with van der Waals surface area (Å²) in [6.07, 6.45) is 8.16. The number of nitrogens with one attached hydrogen (secondary N) is 2. The molecule has 0 spiro atoms. The van der Waals surface area contributed by atoms with Crippen LogP contribution in [0, 0.1) is 0 Å². The van der Waals surface area contributed by atoms with Gasteiger partial charge in [0, 0.05) is 25.7 Å². The van der Waals surface area contributed by atoms with Crippen LogP contribution in [-0.2, 0) is 9.59 Å². The Bertz CT molecular complexity index is 359. The van der Waals surface area contributed by atoms with Gasteiger partial charge in [-0.25, -0.2) is 0 Å². The van der Waals surface area contributed by atoms with Gasteiger partial charge in [-0.3, -0.25) is 14.5 Å². The highest BCUT2D eigenvalue weighted by atomic mass is 32.2. The molecule has 1 saturated carbocycles. The lowest BCUT2D eigenvalue weighted by Gasteiger charge is -2.38. The molecule has 0 aromatic heterocycles. The maximum absolute atomic E-state index is 12.1. The molecule has 1 heterocycles. The maximum atomic E-state index is 12.1. The first-order chi connectivity index (χ1) is 10.2. The predicted molar refractivity (Wildman–Crippen MR) is 86.4 cm³/mol. The highest BCUT2D eigenvalue weighted by Crippen LogP contribution is 2.26. The topological polar surface area (TPSA) is 61.4 Å². The van der Waals surface area contributed by atoms with Crippen LogP contribution in [-0.4, -0.2) is 60.4 Å². The second-order valence-electron chi connectivity index (χ2n) is 5.88. The molecule has 1 atom stereocenters. The van der Waals surface area contributed by atoms with Crippen LogP contribution in [0.2, 0.25) is 0 Å². The molecule has 1 aliphatic heterocycles. The number of hydrogen-bond acceptors (Lipinski definition) is 4. The van der Waals surface area contributed by atoms with E-state index in [1.165, 1.54) is 25.7 Å². The molecule has 21 heavy (non-hydrogen) atoms. The largest absolute Gasteiger partial charge is 0.356 e. The van der Waals surface area contributed by atoms with Crippen molar-refractivity contribution in [3.8, 4) is 0 Å². The van der Waals surface area contributed by atoms with Crippen LogP contribution in [0.15, 0.2) is 0 Å². The van der Waals surface area contributed by atoms with Gasteiger partial charge in [-0.05, 0) is 31.3 Å². The summed E-state index contributed by atoms with van der Waals surface area (Å²) in [6.45, 7) is 2.29. The summed E-state index contributed by atoms with van der Waals surface area (Å²) < 4.78 is 0. The van der Waals surface area contributed by atoms with E-state index in [0.717, 1.165) is 18.7 Å². The van der Waals surface area contributed by atoms with Gasteiger partial charge < -0.3 is 10.6 Å². The van der Waals surface area contributed by atoms with E-state index in [4.69, 9.17) is 0 Å². The van der Waals surface area contributed by atoms with E-state index < -0.39 is 0 Å². The molecular weight excluding hydrogens is 286 g/mol. The molecule has 2 N–H and O–H groups in total. The van der Waals surface area contributed by atoms with Crippen LogP contribution >= 0.6 is 11.8 Å². The average Bonchev–Trinajstić information content (AvgIpc) is 3.00. The van der Waals surface area contributed by atoms with E-state index in [9.17, 15) is 9.59 Å². The van der Waals surface area contributed by atoms with E-state index in [2.05, 4.69) is 21.8 Å². The molecule has 2 rings (SSSR count). The van der Waals surface area contributed by atoms with Crippen molar-refractivity contribution >= 4 is 23.6 Å². The molecule has 1 saturated heterocycles. The SMILES string of the molecule is CSCCCNC(=O)CC1C(=O)NCCN1C1CCCC1. The van der Waals surface area contributed by atoms with Gasteiger partial charge in [0.25, 0.3) is 0 Å². The number of thioether (sulfide) groups is 1. The van der Waals surface area contributed by atoms with Crippen LogP contribution in [0.5, 0.6) is 0 Å². The Kier molecular flexibility index (Phi) is 6.83. The molecule has 1 aliphatic carbocycles. The normalized spacial score (nSPS) is 24.0. The van der Waals surface area contributed by atoms with Crippen LogP contribution in [0.4, 0.5) is 0 Å². The number of hydrogen-bond donors (Lipinski definition) is 2. The molecule has 2 aliphatic rings. The molecule has 5 nitrogen and oxygen atoms in total. The lowest BCUT2D eigenvalue weighted by atomic mass is 10.0. The van der Waals surface area contributed by atoms with Gasteiger partial charge in [-0.1, -0.05) is 12.8 Å². The first-order valence-electron chi connectivity index (χ1n) is 8.01. The quantitative estimate of drug-likeness (QED) is 0.688. The molecule has 1 unspecified atom stereocenters. The van der Waals surface area contributed by atoms with Crippen LogP contribution < -0.4 is 10.6 Å². The number of amides is 2. The first kappa shape index (κ1) is 16.6. The Hall–Kier alpha value is -0.750. The number of carbonyl (C=O) groups excluding carboxylic acids is 2. The fourth-order valence-electron chi connectivity index (χ4n) is 3.31. The van der Waals surface area contributed by atoms with Gasteiger partial charge in [0.15, 0.2) is 0 Å². The second kappa shape index (κ2) is 8.63. The summed E-state index contributed by atoms with van der Waals surface area (Å²) in [4.78, 5) is 26.5. The molecule has 0 bridgehead atoms. The molecule has 6 heteroatoms. The zero-order valence-corrected chi connectivity index (χ0v) is 13.7. The summed E-state index contributed by atoms with van der Waals surface area (Å²) >= 11 is 1.78. The third kappa shape index (κ3) is 4.88. The fraction of sp³-hybridized carbons (Fsp3) is 0.867. The third-order valence-electron chi connectivity index (χ3n) is 4.39. The van der Waals surface area contributed by atoms with Crippen molar-refractivity contribution in [1.82, 2.24) is 15.5 Å². The Morgan fingerprint density at radius 3 is 2.90 bits per heavy atom. The summed E-state index contributed by atoms with van der Waals surface area (Å²) in [6, 6.07) is 0.216. The Labute approximate surface area is 131 Å². The van der Waals surface area contributed by atoms with Gasteiger partial charge in [-0.2, -0.15) is 11.8 Å². The van der Waals surface area contributed by atoms with Gasteiger partial charge in [0.05, 0.1) is 12.5 Å². The first-order valence-corrected chi connectivity index (χ1v) is 9.41.